The number of hydrogen-bond donors (Lipinski definition) is 0. The third kappa shape index (κ3) is 2.37. The largest absolute Gasteiger partial charge is 0.421 e. The van der Waals surface area contributed by atoms with Gasteiger partial charge in [-0.15, -0.1) is 0 Å². The highest BCUT2D eigenvalue weighted by molar-refractivity contribution is 5.96. The number of nitro groups is 1. The molecule has 0 saturated heterocycles. The molecule has 0 amide bonds. The molecular weight excluding hydrogens is 290 g/mol. The van der Waals surface area contributed by atoms with Gasteiger partial charge in [0.15, 0.2) is 17.0 Å². The van der Waals surface area contributed by atoms with E-state index >= 15 is 0 Å². The number of oxazole rings is 1. The van der Waals surface area contributed by atoms with Crippen molar-refractivity contribution in [2.24, 2.45) is 0 Å². The molecule has 0 fully saturated rings. The highest BCUT2D eigenvalue weighted by atomic mass is 16.6. The summed E-state index contributed by atoms with van der Waals surface area (Å²) in [5.41, 5.74) is 0.491. The fourth-order valence-corrected chi connectivity index (χ4v) is 2.07. The van der Waals surface area contributed by atoms with Gasteiger partial charge in [0, 0.05) is 23.9 Å². The molecule has 0 saturated carbocycles. The lowest BCUT2D eigenvalue weighted by Gasteiger charge is -2.01. The van der Waals surface area contributed by atoms with Crippen molar-refractivity contribution in [3.8, 4) is 0 Å². The van der Waals surface area contributed by atoms with Crippen molar-refractivity contribution in [2.45, 2.75) is 6.54 Å². The molecule has 0 radical (unpaired) electrons. The summed E-state index contributed by atoms with van der Waals surface area (Å²) in [5.74, 6) is -1.15. The van der Waals surface area contributed by atoms with Crippen LogP contribution < -0.4 is 5.76 Å². The molecule has 3 rings (SSSR count). The highest BCUT2D eigenvalue weighted by Crippen LogP contribution is 2.15. The fraction of sp³-hybridized carbons (Fsp3) is 0.0714. The second kappa shape index (κ2) is 5.24. The second-order valence-electron chi connectivity index (χ2n) is 4.51. The zero-order valence-electron chi connectivity index (χ0n) is 11.1. The van der Waals surface area contributed by atoms with Gasteiger partial charge in [-0.25, -0.2) is 9.78 Å². The van der Waals surface area contributed by atoms with E-state index in [2.05, 4.69) is 4.98 Å². The summed E-state index contributed by atoms with van der Waals surface area (Å²) < 4.78 is 6.08. The van der Waals surface area contributed by atoms with E-state index in [0.717, 1.165) is 4.57 Å². The van der Waals surface area contributed by atoms with Crippen LogP contribution in [0.3, 0.4) is 0 Å². The van der Waals surface area contributed by atoms with Crippen molar-refractivity contribution in [1.29, 1.82) is 0 Å². The first-order valence-corrected chi connectivity index (χ1v) is 6.28. The van der Waals surface area contributed by atoms with Crippen molar-refractivity contribution in [3.05, 3.63) is 68.8 Å². The Morgan fingerprint density at radius 1 is 1.32 bits per heavy atom. The first-order valence-electron chi connectivity index (χ1n) is 6.28. The second-order valence-corrected chi connectivity index (χ2v) is 4.51. The van der Waals surface area contributed by atoms with Crippen molar-refractivity contribution in [2.75, 3.05) is 0 Å². The molecule has 0 aliphatic heterocycles. The van der Waals surface area contributed by atoms with Crippen molar-refractivity contribution in [3.63, 3.8) is 0 Å². The molecule has 110 valence electrons. The minimum atomic E-state index is -0.701. The van der Waals surface area contributed by atoms with Crippen LogP contribution in [0.2, 0.25) is 0 Å². The minimum Gasteiger partial charge on any atom is -0.406 e. The van der Waals surface area contributed by atoms with E-state index in [-0.39, 0.29) is 29.0 Å². The Morgan fingerprint density at radius 3 is 2.91 bits per heavy atom. The summed E-state index contributed by atoms with van der Waals surface area (Å²) in [6.07, 6.45) is 1.48. The number of ketones is 1. The van der Waals surface area contributed by atoms with Gasteiger partial charge in [0.1, 0.15) is 0 Å². The van der Waals surface area contributed by atoms with Crippen molar-refractivity contribution in [1.82, 2.24) is 9.55 Å². The number of benzene rings is 1. The lowest BCUT2D eigenvalue weighted by atomic mass is 10.1. The van der Waals surface area contributed by atoms with Crippen LogP contribution in [0.1, 0.15) is 10.4 Å². The van der Waals surface area contributed by atoms with Gasteiger partial charge < -0.3 is 4.42 Å². The summed E-state index contributed by atoms with van der Waals surface area (Å²) in [7, 11) is 0. The van der Waals surface area contributed by atoms with E-state index in [0.29, 0.717) is 0 Å². The average molecular weight is 299 g/mol. The summed E-state index contributed by atoms with van der Waals surface area (Å²) >= 11 is 0. The van der Waals surface area contributed by atoms with Gasteiger partial charge >= 0.3 is 5.76 Å². The summed E-state index contributed by atoms with van der Waals surface area (Å²) in [4.78, 5) is 38.2. The molecule has 8 nitrogen and oxygen atoms in total. The number of non-ortho nitro benzene ring substituents is 1. The number of Topliss-reactive ketones (excluding diaryl/α,β-unsaturated/α-hetero) is 1. The van der Waals surface area contributed by atoms with Crippen LogP contribution in [-0.2, 0) is 6.54 Å². The van der Waals surface area contributed by atoms with E-state index in [1.807, 2.05) is 0 Å². The first-order chi connectivity index (χ1) is 10.6. The van der Waals surface area contributed by atoms with Crippen LogP contribution in [0.4, 0.5) is 5.69 Å². The summed E-state index contributed by atoms with van der Waals surface area (Å²) in [5, 5.41) is 10.7. The maximum Gasteiger partial charge on any atom is 0.421 e. The molecule has 2 aromatic heterocycles. The molecule has 0 N–H and O–H groups in total. The molecule has 0 spiro atoms. The van der Waals surface area contributed by atoms with Crippen molar-refractivity contribution >= 4 is 22.7 Å². The molecule has 0 unspecified atom stereocenters. The third-order valence-corrected chi connectivity index (χ3v) is 3.10. The Morgan fingerprint density at radius 2 is 2.14 bits per heavy atom. The SMILES string of the molecule is O=C(Cn1c(=O)oc2cccnc21)c1cccc([N+](=O)[O-])c1. The van der Waals surface area contributed by atoms with Crippen LogP contribution in [0.25, 0.3) is 11.2 Å². The van der Waals surface area contributed by atoms with Gasteiger partial charge in [-0.1, -0.05) is 12.1 Å². The molecule has 0 atom stereocenters. The van der Waals surface area contributed by atoms with Gasteiger partial charge in [-0.3, -0.25) is 19.5 Å². The topological polar surface area (TPSA) is 108 Å². The highest BCUT2D eigenvalue weighted by Gasteiger charge is 2.16. The zero-order valence-corrected chi connectivity index (χ0v) is 11.1. The monoisotopic (exact) mass is 299 g/mol. The van der Waals surface area contributed by atoms with E-state index in [9.17, 15) is 19.7 Å². The number of rotatable bonds is 4. The van der Waals surface area contributed by atoms with Gasteiger partial charge in [-0.2, -0.15) is 0 Å². The Hall–Kier alpha value is -3.29. The van der Waals surface area contributed by atoms with Crippen LogP contribution in [0, 0.1) is 10.1 Å². The number of nitro benzene ring substituents is 1. The quantitative estimate of drug-likeness (QED) is 0.412. The van der Waals surface area contributed by atoms with Crippen molar-refractivity contribution < 1.29 is 14.1 Å². The molecule has 3 aromatic rings. The Bertz CT molecular complexity index is 941. The van der Waals surface area contributed by atoms with Crippen LogP contribution in [0.15, 0.2) is 51.8 Å². The van der Waals surface area contributed by atoms with Gasteiger partial charge in [-0.05, 0) is 12.1 Å². The number of nitrogens with zero attached hydrogens (tertiary/aromatic N) is 3. The third-order valence-electron chi connectivity index (χ3n) is 3.10. The number of fused-ring (bicyclic) bond motifs is 1. The van der Waals surface area contributed by atoms with E-state index < -0.39 is 16.5 Å². The van der Waals surface area contributed by atoms with Crippen LogP contribution >= 0.6 is 0 Å². The van der Waals surface area contributed by atoms with Gasteiger partial charge in [0.25, 0.3) is 5.69 Å². The number of carbonyl (C=O) groups is 1. The Balaban J connectivity index is 1.97. The lowest BCUT2D eigenvalue weighted by Crippen LogP contribution is -2.20. The van der Waals surface area contributed by atoms with Crippen LogP contribution in [0.5, 0.6) is 0 Å². The molecule has 22 heavy (non-hydrogen) atoms. The van der Waals surface area contributed by atoms with E-state index in [4.69, 9.17) is 4.42 Å². The standard InChI is InChI=1S/C14H9N3O5/c18-11(9-3-1-4-10(7-9)17(20)21)8-16-13-12(22-14(16)19)5-2-6-15-13/h1-7H,8H2. The van der Waals surface area contributed by atoms with Gasteiger partial charge in [0.2, 0.25) is 0 Å². The minimum absolute atomic E-state index is 0.145. The predicted molar refractivity (Wildman–Crippen MR) is 75.7 cm³/mol. The summed E-state index contributed by atoms with van der Waals surface area (Å²) in [6, 6.07) is 8.51. The lowest BCUT2D eigenvalue weighted by molar-refractivity contribution is -0.384. The number of aromatic nitrogens is 2. The first kappa shape index (κ1) is 13.7. The smallest absolute Gasteiger partial charge is 0.406 e. The maximum atomic E-state index is 12.2. The number of hydrogen-bond acceptors (Lipinski definition) is 6. The average Bonchev–Trinajstić information content (AvgIpc) is 2.83. The summed E-state index contributed by atoms with van der Waals surface area (Å²) in [6.45, 7) is -0.302. The molecular formula is C14H9N3O5. The number of pyridine rings is 1. The zero-order chi connectivity index (χ0) is 15.7. The van der Waals surface area contributed by atoms with E-state index in [1.54, 1.807) is 12.1 Å². The fourth-order valence-electron chi connectivity index (χ4n) is 2.07. The molecule has 0 aliphatic rings. The maximum absolute atomic E-state index is 12.2. The molecule has 0 aliphatic carbocycles. The Kier molecular flexibility index (Phi) is 3.26. The van der Waals surface area contributed by atoms with E-state index in [1.165, 1.54) is 30.5 Å². The Labute approximate surface area is 122 Å². The predicted octanol–water partition coefficient (Wildman–Crippen LogP) is 1.78. The molecule has 1 aromatic carbocycles. The number of carbonyl (C=O) groups excluding carboxylic acids is 1. The molecule has 8 heteroatoms. The molecule has 0 bridgehead atoms. The van der Waals surface area contributed by atoms with Crippen LogP contribution in [-0.4, -0.2) is 20.3 Å². The molecule has 2 heterocycles. The normalized spacial score (nSPS) is 10.7. The van der Waals surface area contributed by atoms with Gasteiger partial charge in [0.05, 0.1) is 11.5 Å².